The molecule has 0 bridgehead atoms. The van der Waals surface area contributed by atoms with Crippen LogP contribution in [0.25, 0.3) is 11.1 Å². The average molecular weight is 283 g/mol. The maximum atomic E-state index is 4.62. The van der Waals surface area contributed by atoms with Crippen LogP contribution < -0.4 is 5.32 Å². The number of hydrogen-bond donors (Lipinski definition) is 1. The van der Waals surface area contributed by atoms with Gasteiger partial charge in [0.2, 0.25) is 0 Å². The van der Waals surface area contributed by atoms with Crippen molar-refractivity contribution in [3.63, 3.8) is 0 Å². The lowest BCUT2D eigenvalue weighted by atomic mass is 9.99. The lowest BCUT2D eigenvalue weighted by molar-refractivity contribution is 0.549. The summed E-state index contributed by atoms with van der Waals surface area (Å²) in [7, 11) is 2.01. The first-order valence-corrected chi connectivity index (χ1v) is 8.12. The number of nitrogens with one attached hydrogen (secondary N) is 1. The number of benzene rings is 1. The highest BCUT2D eigenvalue weighted by Crippen LogP contribution is 2.35. The molecule has 3 heteroatoms. The first kappa shape index (κ1) is 14.3. The third-order valence-electron chi connectivity index (χ3n) is 4.37. The molecule has 1 heterocycles. The minimum absolute atomic E-state index is 0.545. The highest BCUT2D eigenvalue weighted by molar-refractivity contribution is 5.67. The van der Waals surface area contributed by atoms with Crippen molar-refractivity contribution in [3.8, 4) is 11.1 Å². The summed E-state index contributed by atoms with van der Waals surface area (Å²) in [5.41, 5.74) is 6.84. The van der Waals surface area contributed by atoms with Gasteiger partial charge in [-0.15, -0.1) is 0 Å². The van der Waals surface area contributed by atoms with Crippen LogP contribution in [0.3, 0.4) is 0 Å². The van der Waals surface area contributed by atoms with Gasteiger partial charge >= 0.3 is 0 Å². The van der Waals surface area contributed by atoms with E-state index < -0.39 is 0 Å². The molecule has 112 valence electrons. The quantitative estimate of drug-likeness (QED) is 0.908. The van der Waals surface area contributed by atoms with Gasteiger partial charge in [-0.2, -0.15) is 5.10 Å². The van der Waals surface area contributed by atoms with Crippen molar-refractivity contribution in [2.45, 2.75) is 45.6 Å². The SMILES string of the molecule is CCCc1nn(C)cc1-c1ccc2c(c1)CCC2NCC. The van der Waals surface area contributed by atoms with Gasteiger partial charge in [0.1, 0.15) is 0 Å². The van der Waals surface area contributed by atoms with Gasteiger partial charge in [-0.1, -0.05) is 38.5 Å². The van der Waals surface area contributed by atoms with Crippen molar-refractivity contribution in [3.05, 3.63) is 41.2 Å². The van der Waals surface area contributed by atoms with E-state index >= 15 is 0 Å². The number of hydrogen-bond acceptors (Lipinski definition) is 2. The second-order valence-corrected chi connectivity index (χ2v) is 5.98. The fourth-order valence-electron chi connectivity index (χ4n) is 3.44. The Hall–Kier alpha value is -1.61. The molecule has 3 rings (SSSR count). The lowest BCUT2D eigenvalue weighted by Crippen LogP contribution is -2.18. The third kappa shape index (κ3) is 2.75. The molecule has 21 heavy (non-hydrogen) atoms. The summed E-state index contributed by atoms with van der Waals surface area (Å²) in [5.74, 6) is 0. The molecule has 1 aromatic carbocycles. The van der Waals surface area contributed by atoms with Crippen molar-refractivity contribution in [1.29, 1.82) is 0 Å². The van der Waals surface area contributed by atoms with E-state index in [9.17, 15) is 0 Å². The van der Waals surface area contributed by atoms with Gasteiger partial charge in [-0.3, -0.25) is 4.68 Å². The van der Waals surface area contributed by atoms with Crippen LogP contribution in [0.5, 0.6) is 0 Å². The Morgan fingerprint density at radius 2 is 2.19 bits per heavy atom. The van der Waals surface area contributed by atoms with Crippen molar-refractivity contribution in [2.24, 2.45) is 7.05 Å². The summed E-state index contributed by atoms with van der Waals surface area (Å²) in [6, 6.07) is 7.50. The fraction of sp³-hybridized carbons (Fsp3) is 0.500. The molecule has 2 aromatic rings. The molecule has 1 N–H and O–H groups in total. The Balaban J connectivity index is 1.95. The van der Waals surface area contributed by atoms with Crippen molar-refractivity contribution in [1.82, 2.24) is 15.1 Å². The lowest BCUT2D eigenvalue weighted by Gasteiger charge is -2.12. The highest BCUT2D eigenvalue weighted by Gasteiger charge is 2.22. The molecule has 0 aliphatic heterocycles. The number of rotatable bonds is 5. The van der Waals surface area contributed by atoms with E-state index in [1.165, 1.54) is 40.8 Å². The zero-order valence-corrected chi connectivity index (χ0v) is 13.3. The van der Waals surface area contributed by atoms with Crippen LogP contribution in [-0.2, 0) is 19.9 Å². The normalized spacial score (nSPS) is 17.2. The van der Waals surface area contributed by atoms with Crippen LogP contribution in [0, 0.1) is 0 Å². The molecule has 0 saturated carbocycles. The molecule has 1 unspecified atom stereocenters. The van der Waals surface area contributed by atoms with Gasteiger partial charge in [-0.05, 0) is 42.5 Å². The molecule has 1 atom stereocenters. The minimum atomic E-state index is 0.545. The molecule has 0 spiro atoms. The van der Waals surface area contributed by atoms with E-state index in [4.69, 9.17) is 0 Å². The van der Waals surface area contributed by atoms with Crippen molar-refractivity contribution >= 4 is 0 Å². The Kier molecular flexibility index (Phi) is 4.11. The van der Waals surface area contributed by atoms with Gasteiger partial charge in [-0.25, -0.2) is 0 Å². The number of aromatic nitrogens is 2. The Morgan fingerprint density at radius 3 is 2.95 bits per heavy atom. The highest BCUT2D eigenvalue weighted by atomic mass is 15.2. The Bertz CT molecular complexity index is 627. The zero-order valence-electron chi connectivity index (χ0n) is 13.3. The minimum Gasteiger partial charge on any atom is -0.310 e. The zero-order chi connectivity index (χ0) is 14.8. The second-order valence-electron chi connectivity index (χ2n) is 5.98. The molecule has 0 radical (unpaired) electrons. The molecule has 1 aromatic heterocycles. The van der Waals surface area contributed by atoms with E-state index in [1.807, 2.05) is 11.7 Å². The van der Waals surface area contributed by atoms with E-state index in [1.54, 1.807) is 0 Å². The summed E-state index contributed by atoms with van der Waals surface area (Å²) in [6.07, 6.45) is 6.75. The van der Waals surface area contributed by atoms with Crippen LogP contribution in [0.4, 0.5) is 0 Å². The Labute approximate surface area is 127 Å². The summed E-state index contributed by atoms with van der Waals surface area (Å²) < 4.78 is 1.94. The number of fused-ring (bicyclic) bond motifs is 1. The van der Waals surface area contributed by atoms with Crippen LogP contribution in [0.2, 0.25) is 0 Å². The molecule has 1 aliphatic carbocycles. The summed E-state index contributed by atoms with van der Waals surface area (Å²) >= 11 is 0. The molecule has 0 saturated heterocycles. The van der Waals surface area contributed by atoms with Gasteiger partial charge < -0.3 is 5.32 Å². The standard InChI is InChI=1S/C18H25N3/c1-4-6-18-16(12-21(3)20-18)14-7-9-15-13(11-14)8-10-17(15)19-5-2/h7,9,11-12,17,19H,4-6,8,10H2,1-3H3. The maximum absolute atomic E-state index is 4.62. The topological polar surface area (TPSA) is 29.9 Å². The molecule has 1 aliphatic rings. The predicted molar refractivity (Wildman–Crippen MR) is 87.4 cm³/mol. The third-order valence-corrected chi connectivity index (χ3v) is 4.37. The van der Waals surface area contributed by atoms with Crippen LogP contribution in [0.15, 0.2) is 24.4 Å². The smallest absolute Gasteiger partial charge is 0.0702 e. The first-order valence-electron chi connectivity index (χ1n) is 8.12. The average Bonchev–Trinajstić information content (AvgIpc) is 3.03. The van der Waals surface area contributed by atoms with Gasteiger partial charge in [0.25, 0.3) is 0 Å². The van der Waals surface area contributed by atoms with E-state index in [-0.39, 0.29) is 0 Å². The fourth-order valence-corrected chi connectivity index (χ4v) is 3.44. The Morgan fingerprint density at radius 1 is 1.33 bits per heavy atom. The summed E-state index contributed by atoms with van der Waals surface area (Å²) in [4.78, 5) is 0. The molecular weight excluding hydrogens is 258 g/mol. The van der Waals surface area contributed by atoms with Crippen molar-refractivity contribution < 1.29 is 0 Å². The molecule has 0 amide bonds. The largest absolute Gasteiger partial charge is 0.310 e. The second kappa shape index (κ2) is 6.02. The molecule has 3 nitrogen and oxygen atoms in total. The summed E-state index contributed by atoms with van der Waals surface area (Å²) in [6.45, 7) is 5.43. The van der Waals surface area contributed by atoms with Gasteiger partial charge in [0.15, 0.2) is 0 Å². The molecule has 0 fully saturated rings. The molecular formula is C18H25N3. The van der Waals surface area contributed by atoms with Crippen LogP contribution in [0.1, 0.15) is 49.6 Å². The van der Waals surface area contributed by atoms with Crippen LogP contribution in [-0.4, -0.2) is 16.3 Å². The van der Waals surface area contributed by atoms with Crippen LogP contribution >= 0.6 is 0 Å². The maximum Gasteiger partial charge on any atom is 0.0702 e. The van der Waals surface area contributed by atoms with Crippen molar-refractivity contribution in [2.75, 3.05) is 6.54 Å². The van der Waals surface area contributed by atoms with E-state index in [2.05, 4.69) is 48.7 Å². The number of aryl methyl sites for hydroxylation is 3. The van der Waals surface area contributed by atoms with Gasteiger partial charge in [0, 0.05) is 24.8 Å². The summed E-state index contributed by atoms with van der Waals surface area (Å²) in [5, 5.41) is 8.20. The predicted octanol–water partition coefficient (Wildman–Crippen LogP) is 3.64. The van der Waals surface area contributed by atoms with Gasteiger partial charge in [0.05, 0.1) is 5.69 Å². The van der Waals surface area contributed by atoms with E-state index in [0.717, 1.165) is 19.4 Å². The number of nitrogens with zero attached hydrogens (tertiary/aromatic N) is 2. The first-order chi connectivity index (χ1) is 10.2. The monoisotopic (exact) mass is 283 g/mol. The van der Waals surface area contributed by atoms with E-state index in [0.29, 0.717) is 6.04 Å².